The Morgan fingerprint density at radius 3 is 3.00 bits per heavy atom. The van der Waals surface area contributed by atoms with E-state index < -0.39 is 0 Å². The van der Waals surface area contributed by atoms with E-state index in [9.17, 15) is 0 Å². The Morgan fingerprint density at radius 2 is 2.21 bits per heavy atom. The Kier molecular flexibility index (Phi) is 3.12. The average molecular weight is 274 g/mol. The van der Waals surface area contributed by atoms with Gasteiger partial charge in [0.05, 0.1) is 10.7 Å². The van der Waals surface area contributed by atoms with Gasteiger partial charge in [-0.3, -0.25) is 0 Å². The Morgan fingerprint density at radius 1 is 1.32 bits per heavy atom. The third-order valence-corrected chi connectivity index (χ3v) is 3.56. The van der Waals surface area contributed by atoms with Gasteiger partial charge in [-0.15, -0.1) is 11.3 Å². The summed E-state index contributed by atoms with van der Waals surface area (Å²) in [5, 5.41) is 10.7. The zero-order chi connectivity index (χ0) is 13.2. The van der Waals surface area contributed by atoms with Crippen molar-refractivity contribution in [3.63, 3.8) is 0 Å². The van der Waals surface area contributed by atoms with Gasteiger partial charge < -0.3 is 5.32 Å². The minimum atomic E-state index is 0.618. The first-order valence-electron chi connectivity index (χ1n) is 6.04. The van der Waals surface area contributed by atoms with Crippen LogP contribution in [-0.2, 0) is 6.42 Å². The summed E-state index contributed by atoms with van der Waals surface area (Å²) in [5.74, 6) is 1.53. The SMILES string of the molecule is Cc1cc(NCCc2csc(C)n2)n2ncnc2n1. The lowest BCUT2D eigenvalue weighted by Gasteiger charge is -2.07. The summed E-state index contributed by atoms with van der Waals surface area (Å²) in [6.45, 7) is 4.78. The van der Waals surface area contributed by atoms with E-state index in [4.69, 9.17) is 0 Å². The first-order valence-corrected chi connectivity index (χ1v) is 6.92. The quantitative estimate of drug-likeness (QED) is 0.786. The van der Waals surface area contributed by atoms with Crippen LogP contribution >= 0.6 is 11.3 Å². The van der Waals surface area contributed by atoms with Crippen molar-refractivity contribution in [2.75, 3.05) is 11.9 Å². The fraction of sp³-hybridized carbons (Fsp3) is 0.333. The molecule has 0 amide bonds. The van der Waals surface area contributed by atoms with Crippen molar-refractivity contribution in [2.45, 2.75) is 20.3 Å². The summed E-state index contributed by atoms with van der Waals surface area (Å²) in [4.78, 5) is 12.8. The molecule has 0 unspecified atom stereocenters. The van der Waals surface area contributed by atoms with E-state index in [1.165, 1.54) is 6.33 Å². The van der Waals surface area contributed by atoms with Crippen LogP contribution in [0.25, 0.3) is 5.78 Å². The number of aromatic nitrogens is 5. The van der Waals surface area contributed by atoms with Crippen LogP contribution in [0.4, 0.5) is 5.82 Å². The molecule has 0 aliphatic carbocycles. The Hall–Kier alpha value is -2.02. The molecule has 0 atom stereocenters. The molecule has 0 saturated heterocycles. The molecule has 0 saturated carbocycles. The minimum Gasteiger partial charge on any atom is -0.369 e. The smallest absolute Gasteiger partial charge is 0.254 e. The van der Waals surface area contributed by atoms with Crippen LogP contribution in [0.1, 0.15) is 16.4 Å². The van der Waals surface area contributed by atoms with E-state index in [0.717, 1.165) is 35.2 Å². The van der Waals surface area contributed by atoms with Gasteiger partial charge in [-0.1, -0.05) is 0 Å². The van der Waals surface area contributed by atoms with Crippen LogP contribution in [0.3, 0.4) is 0 Å². The van der Waals surface area contributed by atoms with E-state index in [2.05, 4.69) is 30.7 Å². The monoisotopic (exact) mass is 274 g/mol. The first kappa shape index (κ1) is 12.0. The predicted molar refractivity (Wildman–Crippen MR) is 74.6 cm³/mol. The van der Waals surface area contributed by atoms with Gasteiger partial charge in [0, 0.05) is 30.1 Å². The Bertz CT molecular complexity index is 701. The molecule has 19 heavy (non-hydrogen) atoms. The fourth-order valence-corrected chi connectivity index (χ4v) is 2.55. The third kappa shape index (κ3) is 2.55. The van der Waals surface area contributed by atoms with Gasteiger partial charge in [-0.2, -0.15) is 14.6 Å². The largest absolute Gasteiger partial charge is 0.369 e. The topological polar surface area (TPSA) is 68.0 Å². The lowest BCUT2D eigenvalue weighted by Crippen LogP contribution is -2.10. The molecule has 0 spiro atoms. The maximum Gasteiger partial charge on any atom is 0.254 e. The van der Waals surface area contributed by atoms with Gasteiger partial charge in [0.2, 0.25) is 0 Å². The number of rotatable bonds is 4. The van der Waals surface area contributed by atoms with Gasteiger partial charge >= 0.3 is 0 Å². The van der Waals surface area contributed by atoms with Crippen LogP contribution in [0.2, 0.25) is 0 Å². The number of nitrogens with zero attached hydrogens (tertiary/aromatic N) is 5. The molecule has 3 heterocycles. The molecule has 0 aliphatic rings. The molecule has 0 radical (unpaired) electrons. The van der Waals surface area contributed by atoms with Crippen molar-refractivity contribution in [1.29, 1.82) is 0 Å². The highest BCUT2D eigenvalue weighted by atomic mass is 32.1. The van der Waals surface area contributed by atoms with Crippen molar-refractivity contribution in [2.24, 2.45) is 0 Å². The van der Waals surface area contributed by atoms with Gasteiger partial charge in [0.15, 0.2) is 0 Å². The van der Waals surface area contributed by atoms with E-state index >= 15 is 0 Å². The van der Waals surface area contributed by atoms with Crippen molar-refractivity contribution in [1.82, 2.24) is 24.6 Å². The molecular weight excluding hydrogens is 260 g/mol. The van der Waals surface area contributed by atoms with E-state index in [-0.39, 0.29) is 0 Å². The molecule has 98 valence electrons. The van der Waals surface area contributed by atoms with Crippen molar-refractivity contribution < 1.29 is 0 Å². The normalized spacial score (nSPS) is 11.1. The molecule has 3 rings (SSSR count). The Labute approximate surface area is 114 Å². The summed E-state index contributed by atoms with van der Waals surface area (Å²) in [7, 11) is 0. The molecular formula is C12H14N6S. The fourth-order valence-electron chi connectivity index (χ4n) is 1.90. The maximum absolute atomic E-state index is 4.44. The van der Waals surface area contributed by atoms with Crippen LogP contribution in [-0.4, -0.2) is 31.1 Å². The van der Waals surface area contributed by atoms with E-state index in [1.807, 2.05) is 19.9 Å². The van der Waals surface area contributed by atoms with Gasteiger partial charge in [-0.25, -0.2) is 9.97 Å². The highest BCUT2D eigenvalue weighted by molar-refractivity contribution is 7.09. The summed E-state index contributed by atoms with van der Waals surface area (Å²) in [6.07, 6.45) is 2.40. The number of thiazole rings is 1. The highest BCUT2D eigenvalue weighted by Gasteiger charge is 2.05. The highest BCUT2D eigenvalue weighted by Crippen LogP contribution is 2.11. The van der Waals surface area contributed by atoms with E-state index in [0.29, 0.717) is 5.78 Å². The summed E-state index contributed by atoms with van der Waals surface area (Å²) >= 11 is 1.68. The molecule has 0 fully saturated rings. The third-order valence-electron chi connectivity index (χ3n) is 2.73. The second kappa shape index (κ2) is 4.93. The average Bonchev–Trinajstić information content (AvgIpc) is 2.98. The second-order valence-electron chi connectivity index (χ2n) is 4.29. The number of aryl methyl sites for hydroxylation is 2. The van der Waals surface area contributed by atoms with Crippen LogP contribution in [0, 0.1) is 13.8 Å². The van der Waals surface area contributed by atoms with Gasteiger partial charge in [-0.05, 0) is 13.8 Å². The predicted octanol–water partition coefficient (Wildman–Crippen LogP) is 1.85. The second-order valence-corrected chi connectivity index (χ2v) is 5.35. The molecule has 3 aromatic heterocycles. The zero-order valence-corrected chi connectivity index (χ0v) is 11.6. The number of hydrogen-bond donors (Lipinski definition) is 1. The lowest BCUT2D eigenvalue weighted by atomic mass is 10.3. The maximum atomic E-state index is 4.44. The number of fused-ring (bicyclic) bond motifs is 1. The molecule has 0 bridgehead atoms. The van der Waals surface area contributed by atoms with Crippen LogP contribution in [0.15, 0.2) is 17.8 Å². The number of anilines is 1. The van der Waals surface area contributed by atoms with Crippen molar-refractivity contribution in [3.05, 3.63) is 34.2 Å². The summed E-state index contributed by atoms with van der Waals surface area (Å²) in [5.41, 5.74) is 2.04. The minimum absolute atomic E-state index is 0.618. The Balaban J connectivity index is 1.73. The standard InChI is InChI=1S/C12H14N6S/c1-8-5-11(18-12(16-8)14-7-15-18)13-4-3-10-6-19-9(2)17-10/h5-7,13H,3-4H2,1-2H3. The zero-order valence-electron chi connectivity index (χ0n) is 10.8. The summed E-state index contributed by atoms with van der Waals surface area (Å²) in [6, 6.07) is 1.97. The first-order chi connectivity index (χ1) is 9.22. The lowest BCUT2D eigenvalue weighted by molar-refractivity contribution is 0.897. The van der Waals surface area contributed by atoms with Gasteiger partial charge in [0.25, 0.3) is 5.78 Å². The number of hydrogen-bond acceptors (Lipinski definition) is 6. The van der Waals surface area contributed by atoms with Crippen molar-refractivity contribution in [3.8, 4) is 0 Å². The molecule has 1 N–H and O–H groups in total. The molecule has 0 aliphatic heterocycles. The molecule has 0 aromatic carbocycles. The van der Waals surface area contributed by atoms with Crippen LogP contribution in [0.5, 0.6) is 0 Å². The van der Waals surface area contributed by atoms with Gasteiger partial charge in [0.1, 0.15) is 12.1 Å². The number of nitrogens with one attached hydrogen (secondary N) is 1. The van der Waals surface area contributed by atoms with Crippen LogP contribution < -0.4 is 5.32 Å². The molecule has 7 heteroatoms. The summed E-state index contributed by atoms with van der Waals surface area (Å²) < 4.78 is 1.71. The van der Waals surface area contributed by atoms with Crippen molar-refractivity contribution >= 4 is 22.9 Å². The molecule has 3 aromatic rings. The molecule has 6 nitrogen and oxygen atoms in total. The van der Waals surface area contributed by atoms with E-state index in [1.54, 1.807) is 15.9 Å².